The van der Waals surface area contributed by atoms with E-state index in [2.05, 4.69) is 64.1 Å². The number of benzene rings is 2. The Kier molecular flexibility index (Phi) is 5.56. The van der Waals surface area contributed by atoms with Gasteiger partial charge >= 0.3 is 0 Å². The van der Waals surface area contributed by atoms with Crippen LogP contribution in [-0.2, 0) is 20.1 Å². The van der Waals surface area contributed by atoms with Crippen LogP contribution in [0.5, 0.6) is 0 Å². The van der Waals surface area contributed by atoms with E-state index in [0.717, 1.165) is 11.3 Å². The molecule has 1 aromatic heterocycles. The fraction of sp³-hybridized carbons (Fsp3) is 0.250. The van der Waals surface area contributed by atoms with E-state index in [0.29, 0.717) is 6.04 Å². The minimum atomic E-state index is 0. The van der Waals surface area contributed by atoms with Crippen molar-refractivity contribution in [2.24, 2.45) is 0 Å². The van der Waals surface area contributed by atoms with Crippen molar-refractivity contribution in [2.75, 3.05) is 0 Å². The van der Waals surface area contributed by atoms with Gasteiger partial charge in [0.05, 0.1) is 0 Å². The molecule has 3 rings (SSSR count). The van der Waals surface area contributed by atoms with Gasteiger partial charge < -0.3 is 0 Å². The molecule has 0 aliphatic rings. The smallest absolute Gasteiger partial charge is 0.0453 e. The quantitative estimate of drug-likeness (QED) is 0.470. The third kappa shape index (κ3) is 3.46. The maximum atomic E-state index is 4.71. The van der Waals surface area contributed by atoms with Crippen molar-refractivity contribution in [2.45, 2.75) is 33.7 Å². The Morgan fingerprint density at radius 3 is 2.30 bits per heavy atom. The molecule has 0 fully saturated rings. The summed E-state index contributed by atoms with van der Waals surface area (Å²) >= 11 is 0. The van der Waals surface area contributed by atoms with Crippen LogP contribution < -0.4 is 0 Å². The van der Waals surface area contributed by atoms with Crippen LogP contribution in [0.15, 0.2) is 48.7 Å². The van der Waals surface area contributed by atoms with Crippen molar-refractivity contribution < 1.29 is 20.1 Å². The second-order valence-electron chi connectivity index (χ2n) is 6.00. The molecule has 0 spiro atoms. The summed E-state index contributed by atoms with van der Waals surface area (Å²) in [6, 6.07) is 18.4. The van der Waals surface area contributed by atoms with E-state index in [1.165, 1.54) is 22.3 Å². The molecule has 3 heteroatoms. The number of aryl methyl sites for hydroxylation is 2. The first-order chi connectivity index (χ1) is 10.6. The Labute approximate surface area is 151 Å². The summed E-state index contributed by atoms with van der Waals surface area (Å²) in [6.45, 7) is 8.59. The Morgan fingerprint density at radius 1 is 1.00 bits per heavy atom. The van der Waals surface area contributed by atoms with E-state index in [9.17, 15) is 0 Å². The van der Waals surface area contributed by atoms with Crippen LogP contribution in [0.4, 0.5) is 0 Å². The van der Waals surface area contributed by atoms with Crippen LogP contribution in [-0.4, -0.2) is 9.78 Å². The average molecular weight is 482 g/mol. The average Bonchev–Trinajstić information content (AvgIpc) is 2.97. The van der Waals surface area contributed by atoms with Gasteiger partial charge in [0.1, 0.15) is 0 Å². The van der Waals surface area contributed by atoms with Gasteiger partial charge in [0.15, 0.2) is 0 Å². The van der Waals surface area contributed by atoms with Crippen molar-refractivity contribution in [1.29, 1.82) is 0 Å². The van der Waals surface area contributed by atoms with Gasteiger partial charge in [-0.1, -0.05) is 46.5 Å². The first kappa shape index (κ1) is 17.7. The fourth-order valence-electron chi connectivity index (χ4n) is 2.86. The molecule has 0 N–H and O–H groups in total. The zero-order chi connectivity index (χ0) is 15.7. The van der Waals surface area contributed by atoms with Gasteiger partial charge in [0, 0.05) is 38.0 Å². The van der Waals surface area contributed by atoms with Gasteiger partial charge in [0.2, 0.25) is 0 Å². The van der Waals surface area contributed by atoms with Crippen LogP contribution in [0.2, 0.25) is 0 Å². The maximum absolute atomic E-state index is 4.71. The first-order valence-electron chi connectivity index (χ1n) is 7.70. The number of nitrogens with zero attached hydrogens (tertiary/aromatic N) is 2. The Hall–Kier alpha value is -1.70. The summed E-state index contributed by atoms with van der Waals surface area (Å²) in [5, 5.41) is 4.71. The van der Waals surface area contributed by atoms with Crippen molar-refractivity contribution in [3.63, 3.8) is 0 Å². The van der Waals surface area contributed by atoms with Crippen LogP contribution in [0.1, 0.15) is 31.0 Å². The standard InChI is InChI=1S/C20H21N2.Ir/c1-14(2)22-13-12-19(21-22)17-10-5-6-11-18(17)20-15(3)8-7-9-16(20)4;/h5-9,11-14H,1-4H3;/q-1;. The molecule has 1 radical (unpaired) electrons. The van der Waals surface area contributed by atoms with E-state index in [-0.39, 0.29) is 20.1 Å². The minimum absolute atomic E-state index is 0. The fourth-order valence-corrected chi connectivity index (χ4v) is 2.86. The van der Waals surface area contributed by atoms with E-state index in [1.54, 1.807) is 0 Å². The minimum Gasteiger partial charge on any atom is -0.280 e. The molecule has 3 aromatic rings. The molecule has 0 aliphatic carbocycles. The molecule has 23 heavy (non-hydrogen) atoms. The molecular formula is C20H21IrN2-. The number of hydrogen-bond acceptors (Lipinski definition) is 1. The molecule has 0 bridgehead atoms. The maximum Gasteiger partial charge on any atom is 0.0453 e. The summed E-state index contributed by atoms with van der Waals surface area (Å²) in [5.41, 5.74) is 7.10. The largest absolute Gasteiger partial charge is 0.280 e. The number of hydrogen-bond donors (Lipinski definition) is 0. The first-order valence-corrected chi connectivity index (χ1v) is 7.70. The number of rotatable bonds is 3. The van der Waals surface area contributed by atoms with Crippen molar-refractivity contribution in [3.05, 3.63) is 65.9 Å². The van der Waals surface area contributed by atoms with Gasteiger partial charge in [-0.15, -0.1) is 29.8 Å². The van der Waals surface area contributed by atoms with Gasteiger partial charge in [-0.05, 0) is 27.7 Å². The normalized spacial score (nSPS) is 10.7. The van der Waals surface area contributed by atoms with Crippen molar-refractivity contribution in [3.8, 4) is 22.4 Å². The monoisotopic (exact) mass is 482 g/mol. The van der Waals surface area contributed by atoms with Crippen LogP contribution in [0.25, 0.3) is 22.4 Å². The summed E-state index contributed by atoms with van der Waals surface area (Å²) in [5.74, 6) is 0. The molecule has 2 aromatic carbocycles. The van der Waals surface area contributed by atoms with E-state index >= 15 is 0 Å². The Balaban J connectivity index is 0.00000192. The van der Waals surface area contributed by atoms with Crippen molar-refractivity contribution in [1.82, 2.24) is 9.78 Å². The molecule has 2 nitrogen and oxygen atoms in total. The molecule has 121 valence electrons. The van der Waals surface area contributed by atoms with E-state index < -0.39 is 0 Å². The third-order valence-electron chi connectivity index (χ3n) is 4.00. The Morgan fingerprint density at radius 2 is 1.70 bits per heavy atom. The van der Waals surface area contributed by atoms with Gasteiger partial charge in [-0.3, -0.25) is 4.68 Å². The Bertz CT molecular complexity index is 783. The summed E-state index contributed by atoms with van der Waals surface area (Å²) in [4.78, 5) is 0. The van der Waals surface area contributed by atoms with E-state index in [1.807, 2.05) is 23.0 Å². The summed E-state index contributed by atoms with van der Waals surface area (Å²) in [7, 11) is 0. The van der Waals surface area contributed by atoms with Gasteiger partial charge in [0.25, 0.3) is 0 Å². The zero-order valence-electron chi connectivity index (χ0n) is 13.9. The molecule has 0 saturated heterocycles. The molecule has 1 heterocycles. The van der Waals surface area contributed by atoms with Gasteiger partial charge in [-0.2, -0.15) is 0 Å². The van der Waals surface area contributed by atoms with Crippen molar-refractivity contribution >= 4 is 0 Å². The molecule has 0 aliphatic heterocycles. The topological polar surface area (TPSA) is 17.8 Å². The van der Waals surface area contributed by atoms with Crippen LogP contribution in [0.3, 0.4) is 0 Å². The molecule has 0 amide bonds. The summed E-state index contributed by atoms with van der Waals surface area (Å²) in [6.07, 6.45) is 2.04. The second-order valence-corrected chi connectivity index (χ2v) is 6.00. The second kappa shape index (κ2) is 7.25. The predicted octanol–water partition coefficient (Wildman–Crippen LogP) is 5.21. The molecular weight excluding hydrogens is 460 g/mol. The molecule has 0 unspecified atom stereocenters. The molecule has 0 atom stereocenters. The summed E-state index contributed by atoms with van der Waals surface area (Å²) < 4.78 is 1.99. The van der Waals surface area contributed by atoms with Crippen LogP contribution >= 0.6 is 0 Å². The third-order valence-corrected chi connectivity index (χ3v) is 4.00. The van der Waals surface area contributed by atoms with Crippen LogP contribution in [0, 0.1) is 19.9 Å². The predicted molar refractivity (Wildman–Crippen MR) is 91.8 cm³/mol. The molecule has 0 saturated carbocycles. The number of aromatic nitrogens is 2. The zero-order valence-corrected chi connectivity index (χ0v) is 16.3. The SMILES string of the molecule is Cc1cccc(C)c1-c1ccc[c-]c1-c1ccn(C(C)C)n1.[Ir]. The van der Waals surface area contributed by atoms with E-state index in [4.69, 9.17) is 5.10 Å². The van der Waals surface area contributed by atoms with Gasteiger partial charge in [-0.25, -0.2) is 5.10 Å².